The second-order valence-electron chi connectivity index (χ2n) is 7.80. The maximum Gasteiger partial charge on any atom is 0.332 e. The predicted molar refractivity (Wildman–Crippen MR) is 111 cm³/mol. The van der Waals surface area contributed by atoms with Gasteiger partial charge < -0.3 is 14.9 Å². The van der Waals surface area contributed by atoms with Gasteiger partial charge >= 0.3 is 6.03 Å². The van der Waals surface area contributed by atoms with Crippen molar-refractivity contribution in [2.24, 2.45) is 5.73 Å². The van der Waals surface area contributed by atoms with Crippen LogP contribution in [0, 0.1) is 0 Å². The predicted octanol–water partition coefficient (Wildman–Crippen LogP) is 2.65. The van der Waals surface area contributed by atoms with Crippen LogP contribution in [0.1, 0.15) is 35.6 Å². The van der Waals surface area contributed by atoms with Crippen molar-refractivity contribution in [1.82, 2.24) is 14.3 Å². The molecular formula is C22H23N5O3. The van der Waals surface area contributed by atoms with E-state index in [9.17, 15) is 9.59 Å². The van der Waals surface area contributed by atoms with E-state index in [1.54, 1.807) is 7.11 Å². The van der Waals surface area contributed by atoms with E-state index in [1.807, 2.05) is 40.9 Å². The minimum Gasteiger partial charge on any atom is -0.497 e. The smallest absolute Gasteiger partial charge is 0.332 e. The summed E-state index contributed by atoms with van der Waals surface area (Å²) in [7, 11) is 1.60. The van der Waals surface area contributed by atoms with E-state index in [4.69, 9.17) is 10.5 Å². The molecule has 1 aromatic carbocycles. The summed E-state index contributed by atoms with van der Waals surface area (Å²) < 4.78 is 7.10. The fraction of sp³-hybridized carbons (Fsp3) is 0.318. The number of imide groups is 1. The third-order valence-electron chi connectivity index (χ3n) is 5.71. The number of carbonyl (C=O) groups is 2. The van der Waals surface area contributed by atoms with Crippen LogP contribution >= 0.6 is 0 Å². The second kappa shape index (κ2) is 7.14. The first kappa shape index (κ1) is 18.6. The highest BCUT2D eigenvalue weighted by Gasteiger charge is 2.38. The van der Waals surface area contributed by atoms with Crippen molar-refractivity contribution < 1.29 is 14.3 Å². The van der Waals surface area contributed by atoms with Crippen LogP contribution in [0.15, 0.2) is 42.7 Å². The fourth-order valence-corrected chi connectivity index (χ4v) is 3.89. The van der Waals surface area contributed by atoms with E-state index in [0.717, 1.165) is 35.4 Å². The Bertz CT molecular complexity index is 1130. The number of hydrogen-bond acceptors (Lipinski definition) is 5. The fourth-order valence-electron chi connectivity index (χ4n) is 3.89. The zero-order valence-corrected chi connectivity index (χ0v) is 16.7. The van der Waals surface area contributed by atoms with Crippen molar-refractivity contribution in [2.45, 2.75) is 31.8 Å². The number of rotatable bonds is 6. The van der Waals surface area contributed by atoms with Gasteiger partial charge in [-0.3, -0.25) is 14.6 Å². The largest absolute Gasteiger partial charge is 0.497 e. The van der Waals surface area contributed by atoms with Crippen LogP contribution in [0.4, 0.5) is 10.5 Å². The summed E-state index contributed by atoms with van der Waals surface area (Å²) >= 11 is 0. The molecule has 8 heteroatoms. The lowest BCUT2D eigenvalue weighted by Gasteiger charge is -2.19. The number of hydrogen-bond donors (Lipinski definition) is 1. The molecule has 0 atom stereocenters. The van der Waals surface area contributed by atoms with E-state index >= 15 is 0 Å². The molecule has 1 saturated carbocycles. The first-order valence-electron chi connectivity index (χ1n) is 10.0. The maximum atomic E-state index is 13.2. The van der Waals surface area contributed by atoms with Crippen LogP contribution in [0.25, 0.3) is 5.65 Å². The first-order chi connectivity index (χ1) is 14.6. The van der Waals surface area contributed by atoms with Crippen LogP contribution in [0.2, 0.25) is 0 Å². The Morgan fingerprint density at radius 2 is 1.93 bits per heavy atom. The summed E-state index contributed by atoms with van der Waals surface area (Å²) in [5, 5.41) is 0. The molecule has 2 aromatic heterocycles. The Morgan fingerprint density at radius 1 is 1.17 bits per heavy atom. The zero-order chi connectivity index (χ0) is 20.8. The molecule has 2 N–H and O–H groups in total. The lowest BCUT2D eigenvalue weighted by atomic mass is 10.1. The van der Waals surface area contributed by atoms with E-state index < -0.39 is 0 Å². The van der Waals surface area contributed by atoms with Crippen LogP contribution < -0.4 is 15.4 Å². The summed E-state index contributed by atoms with van der Waals surface area (Å²) in [6.45, 7) is 0.541. The molecule has 0 bridgehead atoms. The number of urea groups is 1. The van der Waals surface area contributed by atoms with Crippen LogP contribution in [-0.4, -0.2) is 39.9 Å². The molecule has 30 heavy (non-hydrogen) atoms. The molecule has 3 heterocycles. The third-order valence-corrected chi connectivity index (χ3v) is 5.71. The van der Waals surface area contributed by atoms with Gasteiger partial charge in [-0.05, 0) is 48.1 Å². The van der Waals surface area contributed by atoms with Crippen LogP contribution in [-0.2, 0) is 17.9 Å². The number of benzene rings is 1. The zero-order valence-electron chi connectivity index (χ0n) is 16.7. The topological polar surface area (TPSA) is 93.2 Å². The number of anilines is 1. The van der Waals surface area contributed by atoms with Gasteiger partial charge in [0.25, 0.3) is 5.91 Å². The molecule has 0 radical (unpaired) electrons. The average Bonchev–Trinajstić information content (AvgIpc) is 3.47. The minimum absolute atomic E-state index is 0.00356. The molecular weight excluding hydrogens is 382 g/mol. The molecule has 1 saturated heterocycles. The number of nitrogens with two attached hydrogens (primary N) is 1. The Balaban J connectivity index is 1.48. The first-order valence-corrected chi connectivity index (χ1v) is 10.0. The maximum absolute atomic E-state index is 13.2. The Labute approximate surface area is 173 Å². The Kier molecular flexibility index (Phi) is 4.43. The van der Waals surface area contributed by atoms with Crippen molar-refractivity contribution in [3.05, 3.63) is 59.5 Å². The Morgan fingerprint density at radius 3 is 2.60 bits per heavy atom. The highest BCUT2D eigenvalue weighted by atomic mass is 16.5. The lowest BCUT2D eigenvalue weighted by Crippen LogP contribution is -2.32. The summed E-state index contributed by atoms with van der Waals surface area (Å²) in [6.07, 6.45) is 6.22. The summed E-state index contributed by atoms with van der Waals surface area (Å²) in [5.41, 5.74) is 9.86. The summed E-state index contributed by atoms with van der Waals surface area (Å²) in [4.78, 5) is 33.3. The second-order valence-corrected chi connectivity index (χ2v) is 7.80. The molecule has 2 fully saturated rings. The van der Waals surface area contributed by atoms with Gasteiger partial charge in [-0.15, -0.1) is 0 Å². The quantitative estimate of drug-likeness (QED) is 0.637. The number of amides is 3. The number of nitrogens with zero attached hydrogens (tertiary/aromatic N) is 4. The molecule has 154 valence electrons. The monoisotopic (exact) mass is 405 g/mol. The van der Waals surface area contributed by atoms with Crippen molar-refractivity contribution in [1.29, 1.82) is 0 Å². The Hall–Kier alpha value is -3.39. The van der Waals surface area contributed by atoms with Gasteiger partial charge in [0.15, 0.2) is 5.65 Å². The number of methoxy groups -OCH3 is 1. The minimum atomic E-state index is -0.331. The molecule has 8 nitrogen and oxygen atoms in total. The van der Waals surface area contributed by atoms with Crippen molar-refractivity contribution in [3.63, 3.8) is 0 Å². The standard InChI is InChI=1S/C22H23N5O3/c1-30-18-6-2-14(3-7-18)10-27-20(28)13-26(22(27)29)19-8-16(15-4-5-15)11-25-12-17(9-23)24-21(19)25/h2-3,6-8,11-12,15H,4-5,9-10,13,23H2,1H3. The molecule has 5 rings (SSSR count). The van der Waals surface area contributed by atoms with Crippen molar-refractivity contribution >= 4 is 23.3 Å². The van der Waals surface area contributed by atoms with Gasteiger partial charge in [0, 0.05) is 18.9 Å². The number of imidazole rings is 1. The summed E-state index contributed by atoms with van der Waals surface area (Å²) in [5.74, 6) is 1.01. The molecule has 3 aromatic rings. The van der Waals surface area contributed by atoms with Gasteiger partial charge in [-0.25, -0.2) is 9.78 Å². The molecule has 0 unspecified atom stereocenters. The van der Waals surface area contributed by atoms with Gasteiger partial charge in [0.2, 0.25) is 0 Å². The number of fused-ring (bicyclic) bond motifs is 1. The third kappa shape index (κ3) is 3.19. The van der Waals surface area contributed by atoms with Crippen molar-refractivity contribution in [3.8, 4) is 5.75 Å². The highest BCUT2D eigenvalue weighted by Crippen LogP contribution is 2.42. The molecule has 1 aliphatic heterocycles. The molecule has 2 aliphatic rings. The SMILES string of the molecule is COc1ccc(CN2C(=O)CN(c3cc(C4CC4)cn4cc(CN)nc34)C2=O)cc1. The van der Waals surface area contributed by atoms with Crippen molar-refractivity contribution in [2.75, 3.05) is 18.6 Å². The number of aromatic nitrogens is 2. The van der Waals surface area contributed by atoms with Gasteiger partial charge in [0.1, 0.15) is 12.3 Å². The van der Waals surface area contributed by atoms with E-state index in [0.29, 0.717) is 23.8 Å². The van der Waals surface area contributed by atoms with E-state index in [1.165, 1.54) is 9.80 Å². The normalized spacial score (nSPS) is 16.7. The molecule has 3 amide bonds. The molecule has 0 spiro atoms. The lowest BCUT2D eigenvalue weighted by molar-refractivity contribution is -0.125. The molecule has 1 aliphatic carbocycles. The van der Waals surface area contributed by atoms with Crippen LogP contribution in [0.5, 0.6) is 5.75 Å². The van der Waals surface area contributed by atoms with Gasteiger partial charge in [-0.1, -0.05) is 12.1 Å². The van der Waals surface area contributed by atoms with E-state index in [-0.39, 0.29) is 25.0 Å². The highest BCUT2D eigenvalue weighted by molar-refractivity contribution is 6.13. The van der Waals surface area contributed by atoms with E-state index in [2.05, 4.69) is 11.2 Å². The van der Waals surface area contributed by atoms with Gasteiger partial charge in [0.05, 0.1) is 25.0 Å². The van der Waals surface area contributed by atoms with Crippen LogP contribution in [0.3, 0.4) is 0 Å². The number of ether oxygens (including phenoxy) is 1. The average molecular weight is 405 g/mol. The number of carbonyl (C=O) groups excluding carboxylic acids is 2. The number of pyridine rings is 1. The van der Waals surface area contributed by atoms with Gasteiger partial charge in [-0.2, -0.15) is 0 Å². The summed E-state index contributed by atoms with van der Waals surface area (Å²) in [6, 6.07) is 9.02.